The summed E-state index contributed by atoms with van der Waals surface area (Å²) in [5.41, 5.74) is 3.34. The first-order chi connectivity index (χ1) is 14.9. The number of carbonyl (C=O) groups is 2. The van der Waals surface area contributed by atoms with Crippen LogP contribution in [0, 0.1) is 6.92 Å². The molecule has 0 spiro atoms. The van der Waals surface area contributed by atoms with Crippen LogP contribution >= 0.6 is 0 Å². The summed E-state index contributed by atoms with van der Waals surface area (Å²) in [5, 5.41) is 11.1. The van der Waals surface area contributed by atoms with E-state index in [0.717, 1.165) is 16.8 Å². The molecule has 1 aromatic heterocycles. The van der Waals surface area contributed by atoms with Crippen LogP contribution in [0.2, 0.25) is 0 Å². The lowest BCUT2D eigenvalue weighted by atomic mass is 9.95. The number of aryl methyl sites for hydroxylation is 1. The molecule has 0 saturated carbocycles. The first-order valence-corrected chi connectivity index (χ1v) is 10.0. The molecule has 6 heteroatoms. The fourth-order valence-electron chi connectivity index (χ4n) is 3.78. The zero-order chi connectivity index (χ0) is 22.1. The number of hydrogen-bond acceptors (Lipinski definition) is 5. The highest BCUT2D eigenvalue weighted by Crippen LogP contribution is 2.40. The van der Waals surface area contributed by atoms with Gasteiger partial charge in [-0.05, 0) is 36.8 Å². The summed E-state index contributed by atoms with van der Waals surface area (Å²) < 4.78 is 5.42. The molecule has 1 N–H and O–H groups in total. The number of carbonyl (C=O) groups excluding carboxylic acids is 2. The topological polar surface area (TPSA) is 74.0 Å². The zero-order valence-corrected chi connectivity index (χ0v) is 17.7. The van der Waals surface area contributed by atoms with Crippen molar-refractivity contribution in [1.82, 2.24) is 4.90 Å². The lowest BCUT2D eigenvalue weighted by Gasteiger charge is -2.25. The van der Waals surface area contributed by atoms with Gasteiger partial charge in [0.05, 0.1) is 24.4 Å². The fraction of sp³-hybridized carbons (Fsp3) is 0.200. The van der Waals surface area contributed by atoms with E-state index in [4.69, 9.17) is 4.42 Å². The number of aliphatic hydroxyl groups is 1. The van der Waals surface area contributed by atoms with Gasteiger partial charge in [-0.2, -0.15) is 0 Å². The monoisotopic (exact) mass is 416 g/mol. The molecule has 31 heavy (non-hydrogen) atoms. The number of amides is 1. The summed E-state index contributed by atoms with van der Waals surface area (Å²) in [6, 6.07) is 17.6. The number of rotatable bonds is 5. The van der Waals surface area contributed by atoms with E-state index in [1.807, 2.05) is 62.3 Å². The predicted molar refractivity (Wildman–Crippen MR) is 119 cm³/mol. The Hall–Kier alpha value is -3.80. The summed E-state index contributed by atoms with van der Waals surface area (Å²) in [6.07, 6.45) is 1.53. The second-order valence-corrected chi connectivity index (χ2v) is 7.86. The minimum absolute atomic E-state index is 0.0815. The van der Waals surface area contributed by atoms with Gasteiger partial charge in [-0.25, -0.2) is 0 Å². The van der Waals surface area contributed by atoms with E-state index >= 15 is 0 Å². The molecule has 3 aromatic rings. The fourth-order valence-corrected chi connectivity index (χ4v) is 3.78. The van der Waals surface area contributed by atoms with Gasteiger partial charge in [0.25, 0.3) is 11.7 Å². The van der Waals surface area contributed by atoms with Crippen molar-refractivity contribution < 1.29 is 19.1 Å². The largest absolute Gasteiger partial charge is 0.507 e. The van der Waals surface area contributed by atoms with Crippen LogP contribution in [0.15, 0.2) is 76.9 Å². The maximum Gasteiger partial charge on any atom is 0.296 e. The molecule has 1 unspecified atom stereocenters. The first-order valence-electron chi connectivity index (χ1n) is 10.0. The highest BCUT2D eigenvalue weighted by atomic mass is 16.3. The van der Waals surface area contributed by atoms with Gasteiger partial charge in [0.15, 0.2) is 0 Å². The predicted octanol–water partition coefficient (Wildman–Crippen LogP) is 4.28. The van der Waals surface area contributed by atoms with E-state index in [2.05, 4.69) is 0 Å². The van der Waals surface area contributed by atoms with Crippen LogP contribution in [0.5, 0.6) is 0 Å². The van der Waals surface area contributed by atoms with Gasteiger partial charge >= 0.3 is 0 Å². The smallest absolute Gasteiger partial charge is 0.296 e. The molecule has 4 rings (SSSR count). The van der Waals surface area contributed by atoms with Crippen molar-refractivity contribution in [2.45, 2.75) is 19.5 Å². The van der Waals surface area contributed by atoms with Gasteiger partial charge in [0.2, 0.25) is 0 Å². The van der Waals surface area contributed by atoms with E-state index in [0.29, 0.717) is 11.3 Å². The van der Waals surface area contributed by atoms with Crippen LogP contribution in [-0.4, -0.2) is 35.8 Å². The van der Waals surface area contributed by atoms with E-state index < -0.39 is 17.7 Å². The van der Waals surface area contributed by atoms with Gasteiger partial charge in [0, 0.05) is 25.3 Å². The number of furan rings is 1. The summed E-state index contributed by atoms with van der Waals surface area (Å²) >= 11 is 0. The minimum atomic E-state index is -0.720. The van der Waals surface area contributed by atoms with Crippen molar-refractivity contribution in [3.8, 4) is 0 Å². The Morgan fingerprint density at radius 1 is 1.03 bits per heavy atom. The molecule has 1 amide bonds. The summed E-state index contributed by atoms with van der Waals surface area (Å²) in [6.45, 7) is 2.07. The molecule has 1 fully saturated rings. The van der Waals surface area contributed by atoms with Crippen LogP contribution in [0.1, 0.15) is 28.5 Å². The third-order valence-corrected chi connectivity index (χ3v) is 5.50. The molecule has 2 aromatic carbocycles. The molecule has 0 radical (unpaired) electrons. The second-order valence-electron chi connectivity index (χ2n) is 7.86. The van der Waals surface area contributed by atoms with Crippen molar-refractivity contribution >= 4 is 23.1 Å². The summed E-state index contributed by atoms with van der Waals surface area (Å²) in [5.74, 6) is -0.979. The quantitative estimate of drug-likeness (QED) is 0.382. The molecule has 0 aliphatic carbocycles. The average molecular weight is 416 g/mol. The highest BCUT2D eigenvalue weighted by Gasteiger charge is 2.46. The number of ketones is 1. The minimum Gasteiger partial charge on any atom is -0.507 e. The molecular weight excluding hydrogens is 392 g/mol. The number of likely N-dealkylation sites (tertiary alicyclic amines) is 1. The third-order valence-electron chi connectivity index (χ3n) is 5.50. The summed E-state index contributed by atoms with van der Waals surface area (Å²) in [4.78, 5) is 29.4. The Balaban J connectivity index is 1.84. The highest BCUT2D eigenvalue weighted by molar-refractivity contribution is 6.46. The maximum atomic E-state index is 13.0. The van der Waals surface area contributed by atoms with Gasteiger partial charge in [0.1, 0.15) is 11.5 Å². The molecule has 1 aliphatic rings. The lowest BCUT2D eigenvalue weighted by molar-refractivity contribution is -0.140. The second kappa shape index (κ2) is 8.14. The van der Waals surface area contributed by atoms with E-state index in [1.54, 1.807) is 24.3 Å². The SMILES string of the molecule is Cc1ccc(/C(O)=C2/C(=O)C(=O)N(Cc3ccco3)C2c2ccc(N(C)C)cc2)cc1. The van der Waals surface area contributed by atoms with Crippen LogP contribution < -0.4 is 4.90 Å². The van der Waals surface area contributed by atoms with E-state index in [9.17, 15) is 14.7 Å². The van der Waals surface area contributed by atoms with Crippen molar-refractivity contribution in [3.63, 3.8) is 0 Å². The van der Waals surface area contributed by atoms with Crippen molar-refractivity contribution in [2.75, 3.05) is 19.0 Å². The third kappa shape index (κ3) is 3.84. The Labute approximate surface area is 181 Å². The first kappa shape index (κ1) is 20.5. The Morgan fingerprint density at radius 2 is 1.71 bits per heavy atom. The molecule has 6 nitrogen and oxygen atoms in total. The van der Waals surface area contributed by atoms with Crippen LogP contribution in [-0.2, 0) is 16.1 Å². The number of nitrogens with zero attached hydrogens (tertiary/aromatic N) is 2. The molecular formula is C25H24N2O4. The van der Waals surface area contributed by atoms with Crippen LogP contribution in [0.4, 0.5) is 5.69 Å². The number of Topliss-reactive ketones (excluding diaryl/α,β-unsaturated/α-hetero) is 1. The molecule has 2 heterocycles. The number of hydrogen-bond donors (Lipinski definition) is 1. The number of anilines is 1. The lowest BCUT2D eigenvalue weighted by Crippen LogP contribution is -2.29. The van der Waals surface area contributed by atoms with Gasteiger partial charge in [-0.15, -0.1) is 0 Å². The normalized spacial score (nSPS) is 17.9. The van der Waals surface area contributed by atoms with Crippen LogP contribution in [0.25, 0.3) is 5.76 Å². The zero-order valence-electron chi connectivity index (χ0n) is 17.7. The molecule has 0 bridgehead atoms. The maximum absolute atomic E-state index is 13.0. The number of benzene rings is 2. The molecule has 158 valence electrons. The molecule has 1 aliphatic heterocycles. The van der Waals surface area contributed by atoms with E-state index in [-0.39, 0.29) is 17.9 Å². The molecule has 1 atom stereocenters. The van der Waals surface area contributed by atoms with Gasteiger partial charge < -0.3 is 19.3 Å². The van der Waals surface area contributed by atoms with Gasteiger partial charge in [-0.3, -0.25) is 9.59 Å². The Bertz CT molecular complexity index is 1130. The van der Waals surface area contributed by atoms with Crippen molar-refractivity contribution in [1.29, 1.82) is 0 Å². The van der Waals surface area contributed by atoms with Crippen LogP contribution in [0.3, 0.4) is 0 Å². The number of aliphatic hydroxyl groups excluding tert-OH is 1. The Kier molecular flexibility index (Phi) is 5.38. The van der Waals surface area contributed by atoms with Crippen molar-refractivity contribution in [2.24, 2.45) is 0 Å². The average Bonchev–Trinajstić information content (AvgIpc) is 3.36. The van der Waals surface area contributed by atoms with Gasteiger partial charge in [-0.1, -0.05) is 42.0 Å². The van der Waals surface area contributed by atoms with E-state index in [1.165, 1.54) is 11.2 Å². The summed E-state index contributed by atoms with van der Waals surface area (Å²) in [7, 11) is 3.88. The molecule has 1 saturated heterocycles. The standard InChI is InChI=1S/C25H24N2O4/c1-16-6-8-18(9-7-16)23(28)21-22(17-10-12-19(13-11-17)26(2)3)27(25(30)24(21)29)15-20-5-4-14-31-20/h4-14,22,28H,15H2,1-3H3/b23-21-. The Morgan fingerprint density at radius 3 is 2.29 bits per heavy atom. The van der Waals surface area contributed by atoms with Crippen molar-refractivity contribution in [3.05, 3.63) is 95.0 Å².